The van der Waals surface area contributed by atoms with Crippen LogP contribution in [0.15, 0.2) is 30.3 Å². The average molecular weight is 371 g/mol. The molecule has 0 bridgehead atoms. The van der Waals surface area contributed by atoms with E-state index in [-0.39, 0.29) is 18.5 Å². The Kier molecular flexibility index (Phi) is 4.83. The summed E-state index contributed by atoms with van der Waals surface area (Å²) in [6.07, 6.45) is 4.56. The van der Waals surface area contributed by atoms with Crippen molar-refractivity contribution in [2.24, 2.45) is 0 Å². The molecule has 1 saturated carbocycles. The first-order valence-corrected chi connectivity index (χ1v) is 9.72. The molecule has 0 radical (unpaired) electrons. The zero-order valence-corrected chi connectivity index (χ0v) is 15.2. The molecule has 136 valence electrons. The standard InChI is InChI=1S/C18H21N5O2S/c24-15-12-22(10-11-23(15)14-8-4-5-9-14)18(25)20-17-19-16(21-26-17)13-6-2-1-3-7-13/h1-3,6-7,14H,4-5,8-12H2,(H,19,20,21,25). The Labute approximate surface area is 156 Å². The molecule has 2 aliphatic rings. The van der Waals surface area contributed by atoms with Crippen LogP contribution in [0.25, 0.3) is 11.4 Å². The molecule has 0 unspecified atom stereocenters. The van der Waals surface area contributed by atoms with E-state index in [1.807, 2.05) is 35.2 Å². The maximum absolute atomic E-state index is 12.5. The van der Waals surface area contributed by atoms with E-state index in [2.05, 4.69) is 14.7 Å². The van der Waals surface area contributed by atoms with Gasteiger partial charge in [0.1, 0.15) is 6.54 Å². The number of piperazine rings is 1. The number of rotatable bonds is 3. The largest absolute Gasteiger partial charge is 0.336 e. The molecule has 1 aliphatic carbocycles. The van der Waals surface area contributed by atoms with Crippen LogP contribution < -0.4 is 5.32 Å². The van der Waals surface area contributed by atoms with E-state index in [1.165, 1.54) is 12.8 Å². The third-order valence-electron chi connectivity index (χ3n) is 4.98. The lowest BCUT2D eigenvalue weighted by molar-refractivity contribution is -0.137. The molecule has 2 heterocycles. The maximum atomic E-state index is 12.5. The fraction of sp³-hybridized carbons (Fsp3) is 0.444. The Bertz CT molecular complexity index is 788. The summed E-state index contributed by atoms with van der Waals surface area (Å²) in [6.45, 7) is 1.30. The summed E-state index contributed by atoms with van der Waals surface area (Å²) in [7, 11) is 0. The van der Waals surface area contributed by atoms with Crippen LogP contribution in [0.4, 0.5) is 9.93 Å². The molecule has 0 atom stereocenters. The molecule has 4 rings (SSSR count). The first kappa shape index (κ1) is 17.0. The number of benzene rings is 1. The van der Waals surface area contributed by atoms with Crippen molar-refractivity contribution in [2.75, 3.05) is 25.0 Å². The number of nitrogens with one attached hydrogen (secondary N) is 1. The van der Waals surface area contributed by atoms with Crippen molar-refractivity contribution in [3.63, 3.8) is 0 Å². The van der Waals surface area contributed by atoms with E-state index < -0.39 is 0 Å². The Hall–Kier alpha value is -2.48. The van der Waals surface area contributed by atoms with Gasteiger partial charge in [0, 0.05) is 36.2 Å². The SMILES string of the molecule is O=C(Nc1nc(-c2ccccc2)ns1)N1CCN(C2CCCC2)C(=O)C1. The lowest BCUT2D eigenvalue weighted by Crippen LogP contribution is -2.55. The molecule has 1 N–H and O–H groups in total. The zero-order chi connectivity index (χ0) is 17.9. The molecule has 1 aromatic heterocycles. The smallest absolute Gasteiger partial charge is 0.324 e. The average Bonchev–Trinajstić information content (AvgIpc) is 3.34. The predicted octanol–water partition coefficient (Wildman–Crippen LogP) is 2.82. The van der Waals surface area contributed by atoms with Crippen molar-refractivity contribution < 1.29 is 9.59 Å². The third-order valence-corrected chi connectivity index (χ3v) is 5.61. The van der Waals surface area contributed by atoms with Crippen LogP contribution in [0.2, 0.25) is 0 Å². The van der Waals surface area contributed by atoms with Crippen molar-refractivity contribution in [1.29, 1.82) is 0 Å². The number of anilines is 1. The van der Waals surface area contributed by atoms with Gasteiger partial charge in [-0.05, 0) is 12.8 Å². The number of carbonyl (C=O) groups excluding carboxylic acids is 2. The predicted molar refractivity (Wildman–Crippen MR) is 99.9 cm³/mol. The number of aromatic nitrogens is 2. The molecule has 7 nitrogen and oxygen atoms in total. The summed E-state index contributed by atoms with van der Waals surface area (Å²) < 4.78 is 4.29. The highest BCUT2D eigenvalue weighted by Crippen LogP contribution is 2.25. The monoisotopic (exact) mass is 371 g/mol. The van der Waals surface area contributed by atoms with Crippen LogP contribution >= 0.6 is 11.5 Å². The molecular weight excluding hydrogens is 350 g/mol. The summed E-state index contributed by atoms with van der Waals surface area (Å²) in [6, 6.07) is 9.70. The molecule has 0 spiro atoms. The molecule has 1 aromatic carbocycles. The van der Waals surface area contributed by atoms with E-state index in [4.69, 9.17) is 0 Å². The normalized spacial score (nSPS) is 18.4. The summed E-state index contributed by atoms with van der Waals surface area (Å²) in [5, 5.41) is 3.21. The van der Waals surface area contributed by atoms with E-state index in [0.29, 0.717) is 30.1 Å². The number of hydrogen-bond donors (Lipinski definition) is 1. The van der Waals surface area contributed by atoms with Gasteiger partial charge in [0.2, 0.25) is 11.0 Å². The van der Waals surface area contributed by atoms with Gasteiger partial charge in [-0.25, -0.2) is 4.79 Å². The second kappa shape index (κ2) is 7.41. The first-order valence-electron chi connectivity index (χ1n) is 8.95. The van der Waals surface area contributed by atoms with Gasteiger partial charge in [-0.1, -0.05) is 43.2 Å². The summed E-state index contributed by atoms with van der Waals surface area (Å²) in [5.41, 5.74) is 0.907. The highest BCUT2D eigenvalue weighted by atomic mass is 32.1. The molecule has 2 fully saturated rings. The zero-order valence-electron chi connectivity index (χ0n) is 14.4. The molecule has 3 amide bonds. The fourth-order valence-corrected chi connectivity index (χ4v) is 4.19. The molecule has 26 heavy (non-hydrogen) atoms. The minimum absolute atomic E-state index is 0.0422. The first-order chi connectivity index (χ1) is 12.7. The summed E-state index contributed by atoms with van der Waals surface area (Å²) in [5.74, 6) is 0.633. The van der Waals surface area contributed by atoms with Crippen molar-refractivity contribution in [1.82, 2.24) is 19.2 Å². The van der Waals surface area contributed by atoms with Crippen LogP contribution in [0.1, 0.15) is 25.7 Å². The topological polar surface area (TPSA) is 78.4 Å². The van der Waals surface area contributed by atoms with E-state index >= 15 is 0 Å². The summed E-state index contributed by atoms with van der Waals surface area (Å²) >= 11 is 1.14. The van der Waals surface area contributed by atoms with Crippen molar-refractivity contribution >= 4 is 28.6 Å². The Morgan fingerprint density at radius 1 is 1.15 bits per heavy atom. The van der Waals surface area contributed by atoms with E-state index in [9.17, 15) is 9.59 Å². The Morgan fingerprint density at radius 3 is 2.65 bits per heavy atom. The highest BCUT2D eigenvalue weighted by molar-refractivity contribution is 7.10. The fourth-order valence-electron chi connectivity index (χ4n) is 3.61. The molecular formula is C18H21N5O2S. The summed E-state index contributed by atoms with van der Waals surface area (Å²) in [4.78, 5) is 32.8. The minimum atomic E-state index is -0.291. The van der Waals surface area contributed by atoms with E-state index in [0.717, 1.165) is 29.9 Å². The van der Waals surface area contributed by atoms with Gasteiger partial charge in [0.25, 0.3) is 0 Å². The van der Waals surface area contributed by atoms with Gasteiger partial charge in [0.05, 0.1) is 0 Å². The van der Waals surface area contributed by atoms with Crippen LogP contribution in [0, 0.1) is 0 Å². The van der Waals surface area contributed by atoms with Crippen molar-refractivity contribution in [2.45, 2.75) is 31.7 Å². The second-order valence-electron chi connectivity index (χ2n) is 6.67. The van der Waals surface area contributed by atoms with Gasteiger partial charge in [-0.3, -0.25) is 10.1 Å². The van der Waals surface area contributed by atoms with Crippen LogP contribution in [0.5, 0.6) is 0 Å². The number of urea groups is 1. The van der Waals surface area contributed by atoms with Crippen molar-refractivity contribution in [3.8, 4) is 11.4 Å². The van der Waals surface area contributed by atoms with E-state index in [1.54, 1.807) is 4.90 Å². The van der Waals surface area contributed by atoms with Gasteiger partial charge in [-0.15, -0.1) is 0 Å². The Morgan fingerprint density at radius 2 is 1.92 bits per heavy atom. The van der Waals surface area contributed by atoms with Crippen LogP contribution in [-0.2, 0) is 4.79 Å². The molecule has 8 heteroatoms. The quantitative estimate of drug-likeness (QED) is 0.900. The third kappa shape index (κ3) is 3.55. The lowest BCUT2D eigenvalue weighted by Gasteiger charge is -2.37. The molecule has 1 saturated heterocycles. The second-order valence-corrected chi connectivity index (χ2v) is 7.42. The van der Waals surface area contributed by atoms with Crippen molar-refractivity contribution in [3.05, 3.63) is 30.3 Å². The lowest BCUT2D eigenvalue weighted by atomic mass is 10.2. The Balaban J connectivity index is 1.35. The number of carbonyl (C=O) groups is 2. The number of amides is 3. The van der Waals surface area contributed by atoms with Gasteiger partial charge >= 0.3 is 6.03 Å². The van der Waals surface area contributed by atoms with Crippen LogP contribution in [0.3, 0.4) is 0 Å². The highest BCUT2D eigenvalue weighted by Gasteiger charge is 2.33. The van der Waals surface area contributed by atoms with Crippen LogP contribution in [-0.4, -0.2) is 56.8 Å². The van der Waals surface area contributed by atoms with Gasteiger partial charge in [0.15, 0.2) is 5.82 Å². The van der Waals surface area contributed by atoms with Gasteiger partial charge in [-0.2, -0.15) is 9.36 Å². The number of hydrogen-bond acceptors (Lipinski definition) is 5. The number of nitrogens with zero attached hydrogens (tertiary/aromatic N) is 4. The molecule has 2 aromatic rings. The molecule has 1 aliphatic heterocycles. The maximum Gasteiger partial charge on any atom is 0.324 e. The minimum Gasteiger partial charge on any atom is -0.336 e. The van der Waals surface area contributed by atoms with Gasteiger partial charge < -0.3 is 9.80 Å².